The fourth-order valence-electron chi connectivity index (χ4n) is 4.18. The molecule has 0 aromatic heterocycles. The van der Waals surface area contributed by atoms with Gasteiger partial charge in [-0.3, -0.25) is 0 Å². The van der Waals surface area contributed by atoms with Gasteiger partial charge in [-0.25, -0.2) is 0 Å². The van der Waals surface area contributed by atoms with Crippen LogP contribution in [0.25, 0.3) is 0 Å². The predicted octanol–water partition coefficient (Wildman–Crippen LogP) is 4.30. The molecule has 2 aliphatic rings. The van der Waals surface area contributed by atoms with Crippen molar-refractivity contribution in [2.75, 3.05) is 0 Å². The minimum atomic E-state index is -1.30. The van der Waals surface area contributed by atoms with Gasteiger partial charge in [0.1, 0.15) is 0 Å². The van der Waals surface area contributed by atoms with Crippen LogP contribution in [0.1, 0.15) is 57.9 Å². The quantitative estimate of drug-likeness (QED) is 0.796. The van der Waals surface area contributed by atoms with E-state index in [-0.39, 0.29) is 0 Å². The molecular weight excluding hydrogens is 294 g/mol. The van der Waals surface area contributed by atoms with E-state index in [1.165, 1.54) is 44.1 Å². The second-order valence-electron chi connectivity index (χ2n) is 7.53. The first-order valence-electron chi connectivity index (χ1n) is 9.38. The Balaban J connectivity index is 1.93. The van der Waals surface area contributed by atoms with E-state index in [0.717, 1.165) is 6.04 Å². The summed E-state index contributed by atoms with van der Waals surface area (Å²) in [6, 6.07) is 9.81. The van der Waals surface area contributed by atoms with Crippen LogP contribution in [0, 0.1) is 12.8 Å². The summed E-state index contributed by atoms with van der Waals surface area (Å²) in [5.74, 6) is 0.635. The smallest absolute Gasteiger partial charge is 0.170 e. The van der Waals surface area contributed by atoms with Crippen LogP contribution in [0.4, 0.5) is 0 Å². The van der Waals surface area contributed by atoms with E-state index in [1.807, 2.05) is 0 Å². The molecule has 1 N–H and O–H groups in total. The molecule has 0 amide bonds. The minimum absolute atomic E-state index is 0.635. The zero-order valence-electron chi connectivity index (χ0n) is 14.9. The molecule has 1 nitrogen and oxygen atoms in total. The largest absolute Gasteiger partial charge is 0.330 e. The molecular formula is C21H31NSi. The molecule has 1 fully saturated rings. The van der Waals surface area contributed by atoms with Crippen molar-refractivity contribution < 1.29 is 0 Å². The summed E-state index contributed by atoms with van der Waals surface area (Å²) in [5, 5.41) is 3.34. The fourth-order valence-corrected chi connectivity index (χ4v) is 7.73. The Morgan fingerprint density at radius 2 is 1.83 bits per heavy atom. The van der Waals surface area contributed by atoms with Crippen LogP contribution < -0.4 is 10.2 Å². The third-order valence-corrected chi connectivity index (χ3v) is 8.82. The topological polar surface area (TPSA) is 12.0 Å². The zero-order chi connectivity index (χ0) is 16.2. The Hall–Kier alpha value is -1.12. The molecule has 0 heterocycles. The number of aryl methyl sites for hydroxylation is 1. The first-order chi connectivity index (χ1) is 11.2. The van der Waals surface area contributed by atoms with Crippen molar-refractivity contribution in [1.82, 2.24) is 4.98 Å². The first kappa shape index (κ1) is 16.7. The highest BCUT2D eigenvalue weighted by Gasteiger charge is 2.28. The molecule has 1 aromatic rings. The molecule has 0 saturated heterocycles. The molecule has 0 spiro atoms. The molecule has 1 atom stereocenters. The third kappa shape index (κ3) is 3.86. The molecule has 1 aromatic carbocycles. The van der Waals surface area contributed by atoms with E-state index in [0.29, 0.717) is 5.92 Å². The molecule has 1 saturated carbocycles. The van der Waals surface area contributed by atoms with Crippen LogP contribution in [0.3, 0.4) is 0 Å². The van der Waals surface area contributed by atoms with E-state index < -0.39 is 8.96 Å². The average molecular weight is 326 g/mol. The van der Waals surface area contributed by atoms with Gasteiger partial charge < -0.3 is 4.98 Å². The summed E-state index contributed by atoms with van der Waals surface area (Å²) in [7, 11) is -1.30. The van der Waals surface area contributed by atoms with E-state index in [9.17, 15) is 0 Å². The Kier molecular flexibility index (Phi) is 5.55. The summed E-state index contributed by atoms with van der Waals surface area (Å²) in [5.41, 5.74) is 3.07. The van der Waals surface area contributed by atoms with Gasteiger partial charge in [-0.2, -0.15) is 0 Å². The second kappa shape index (κ2) is 7.63. The van der Waals surface area contributed by atoms with Gasteiger partial charge in [0.25, 0.3) is 0 Å². The average Bonchev–Trinajstić information content (AvgIpc) is 3.04. The van der Waals surface area contributed by atoms with Gasteiger partial charge in [-0.15, -0.1) is 0 Å². The van der Waals surface area contributed by atoms with Crippen LogP contribution in [-0.2, 0) is 0 Å². The summed E-state index contributed by atoms with van der Waals surface area (Å²) in [4.78, 5) is 4.18. The zero-order valence-corrected chi connectivity index (χ0v) is 16.1. The van der Waals surface area contributed by atoms with Crippen molar-refractivity contribution in [3.8, 4) is 0 Å². The van der Waals surface area contributed by atoms with Crippen LogP contribution in [0.5, 0.6) is 0 Å². The lowest BCUT2D eigenvalue weighted by Gasteiger charge is -2.30. The second-order valence-corrected chi connectivity index (χ2v) is 10.1. The molecule has 23 heavy (non-hydrogen) atoms. The number of hydrogen-bond donors (Lipinski definition) is 1. The van der Waals surface area contributed by atoms with Crippen molar-refractivity contribution in [1.29, 1.82) is 0 Å². The Labute approximate surface area is 143 Å². The molecule has 3 rings (SSSR count). The van der Waals surface area contributed by atoms with E-state index in [2.05, 4.69) is 62.2 Å². The van der Waals surface area contributed by atoms with Gasteiger partial charge in [0.2, 0.25) is 0 Å². The number of nitrogens with one attached hydrogen (secondary N) is 1. The van der Waals surface area contributed by atoms with Gasteiger partial charge >= 0.3 is 0 Å². The molecule has 0 radical (unpaired) electrons. The first-order valence-corrected chi connectivity index (χ1v) is 11.1. The van der Waals surface area contributed by atoms with Crippen molar-refractivity contribution in [3.05, 3.63) is 52.8 Å². The number of benzene rings is 1. The van der Waals surface area contributed by atoms with E-state index >= 15 is 0 Å². The lowest BCUT2D eigenvalue weighted by molar-refractivity contribution is 0.417. The number of hydrogen-bond acceptors (Lipinski definition) is 1. The number of rotatable bonds is 5. The van der Waals surface area contributed by atoms with Crippen LogP contribution in [-0.4, -0.2) is 15.0 Å². The maximum Gasteiger partial charge on any atom is 0.170 e. The van der Waals surface area contributed by atoms with Gasteiger partial charge in [0, 0.05) is 6.04 Å². The van der Waals surface area contributed by atoms with Crippen LogP contribution >= 0.6 is 0 Å². The minimum Gasteiger partial charge on any atom is -0.330 e. The summed E-state index contributed by atoms with van der Waals surface area (Å²) in [6.45, 7) is 6.97. The van der Waals surface area contributed by atoms with Crippen molar-refractivity contribution in [3.63, 3.8) is 0 Å². The third-order valence-electron chi connectivity index (χ3n) is 5.48. The van der Waals surface area contributed by atoms with Gasteiger partial charge in [-0.1, -0.05) is 80.3 Å². The van der Waals surface area contributed by atoms with E-state index in [1.54, 1.807) is 16.0 Å². The summed E-state index contributed by atoms with van der Waals surface area (Å²) in [6.07, 6.45) is 12.9. The highest BCUT2D eigenvalue weighted by Crippen LogP contribution is 2.28. The maximum absolute atomic E-state index is 4.18. The lowest BCUT2D eigenvalue weighted by Crippen LogP contribution is -2.53. The van der Waals surface area contributed by atoms with Crippen molar-refractivity contribution in [2.45, 2.75) is 65.3 Å². The summed E-state index contributed by atoms with van der Waals surface area (Å²) >= 11 is 0. The Bertz CT molecular complexity index is 594. The standard InChI is InChI=1S/C21H31NSi/c1-16(2)19-13-9-15-21(19)23(20-14-8-7-10-17(20)3)22-18-11-5-4-6-12-18/h7-10,13-14,16,18,22-23H,4-6,11-12,15H2,1-3H3. The predicted molar refractivity (Wildman–Crippen MR) is 104 cm³/mol. The SMILES string of the molecule is Cc1ccccc1[SiH](NC1CCCCC1)C1=C(C(C)C)C=CC1. The number of allylic oxidation sites excluding steroid dienone is 4. The van der Waals surface area contributed by atoms with E-state index in [4.69, 9.17) is 0 Å². The molecule has 2 heteroatoms. The molecule has 124 valence electrons. The van der Waals surface area contributed by atoms with Crippen molar-refractivity contribution >= 4 is 14.1 Å². The fraction of sp³-hybridized carbons (Fsp3) is 0.524. The Morgan fingerprint density at radius 1 is 1.09 bits per heavy atom. The van der Waals surface area contributed by atoms with Crippen LogP contribution in [0.2, 0.25) is 0 Å². The van der Waals surface area contributed by atoms with Gasteiger partial charge in [0.15, 0.2) is 8.96 Å². The molecule has 2 aliphatic carbocycles. The normalized spacial score (nSPS) is 20.5. The molecule has 0 bridgehead atoms. The maximum atomic E-state index is 4.18. The monoisotopic (exact) mass is 325 g/mol. The highest BCUT2D eigenvalue weighted by molar-refractivity contribution is 6.78. The van der Waals surface area contributed by atoms with Gasteiger partial charge in [-0.05, 0) is 42.9 Å². The van der Waals surface area contributed by atoms with Gasteiger partial charge in [0.05, 0.1) is 0 Å². The molecule has 1 unspecified atom stereocenters. The highest BCUT2D eigenvalue weighted by atomic mass is 28.3. The van der Waals surface area contributed by atoms with Crippen LogP contribution in [0.15, 0.2) is 47.2 Å². The Morgan fingerprint density at radius 3 is 2.52 bits per heavy atom. The summed E-state index contributed by atoms with van der Waals surface area (Å²) < 4.78 is 0. The molecule has 0 aliphatic heterocycles. The lowest BCUT2D eigenvalue weighted by atomic mass is 9.96. The van der Waals surface area contributed by atoms with Crippen molar-refractivity contribution in [2.24, 2.45) is 5.92 Å².